The molecule has 2 amide bonds. The van der Waals surface area contributed by atoms with Crippen molar-refractivity contribution in [2.45, 2.75) is 38.1 Å². The van der Waals surface area contributed by atoms with Crippen molar-refractivity contribution in [3.8, 4) is 0 Å². The molecule has 27 heavy (non-hydrogen) atoms. The fourth-order valence-electron chi connectivity index (χ4n) is 3.25. The fraction of sp³-hybridized carbons (Fsp3) is 0.273. The van der Waals surface area contributed by atoms with Crippen molar-refractivity contribution >= 4 is 35.2 Å². The molecule has 5 heteroatoms. The molecule has 0 spiro atoms. The number of carbonyl (C=O) groups excluding carboxylic acids is 2. The van der Waals surface area contributed by atoms with Crippen LogP contribution in [0.5, 0.6) is 0 Å². The summed E-state index contributed by atoms with van der Waals surface area (Å²) in [5.74, 6) is -0.458. The van der Waals surface area contributed by atoms with E-state index in [1.165, 1.54) is 12.5 Å². The first-order valence-corrected chi connectivity index (χ1v) is 9.65. The molecule has 0 bridgehead atoms. The lowest BCUT2D eigenvalue weighted by Crippen LogP contribution is -2.36. The SMILES string of the molecule is O=C(C=Cc1ccccc1Cl)Nc1ccccc1C(=O)NC1CCCCC1. The maximum atomic E-state index is 12.6. The summed E-state index contributed by atoms with van der Waals surface area (Å²) in [6.45, 7) is 0. The highest BCUT2D eigenvalue weighted by Crippen LogP contribution is 2.20. The van der Waals surface area contributed by atoms with Crippen molar-refractivity contribution in [3.63, 3.8) is 0 Å². The Bertz CT molecular complexity index is 842. The van der Waals surface area contributed by atoms with Gasteiger partial charge in [0.25, 0.3) is 5.91 Å². The van der Waals surface area contributed by atoms with Gasteiger partial charge in [0.1, 0.15) is 0 Å². The summed E-state index contributed by atoms with van der Waals surface area (Å²) in [6, 6.07) is 14.6. The number of rotatable bonds is 5. The molecular formula is C22H23ClN2O2. The van der Waals surface area contributed by atoms with Crippen LogP contribution in [0.4, 0.5) is 5.69 Å². The van der Waals surface area contributed by atoms with E-state index in [9.17, 15) is 9.59 Å². The summed E-state index contributed by atoms with van der Waals surface area (Å²) < 4.78 is 0. The number of anilines is 1. The maximum Gasteiger partial charge on any atom is 0.253 e. The fourth-order valence-corrected chi connectivity index (χ4v) is 3.45. The molecule has 0 radical (unpaired) electrons. The largest absolute Gasteiger partial charge is 0.349 e. The number of hydrogen-bond donors (Lipinski definition) is 2. The van der Waals surface area contributed by atoms with Gasteiger partial charge in [-0.25, -0.2) is 0 Å². The molecule has 0 heterocycles. The van der Waals surface area contributed by atoms with Crippen molar-refractivity contribution in [2.75, 3.05) is 5.32 Å². The lowest BCUT2D eigenvalue weighted by molar-refractivity contribution is -0.111. The first-order valence-electron chi connectivity index (χ1n) is 9.27. The third-order valence-electron chi connectivity index (χ3n) is 4.69. The van der Waals surface area contributed by atoms with Crippen LogP contribution < -0.4 is 10.6 Å². The number of carbonyl (C=O) groups is 2. The summed E-state index contributed by atoms with van der Waals surface area (Å²) in [4.78, 5) is 24.9. The van der Waals surface area contributed by atoms with Gasteiger partial charge in [0, 0.05) is 17.1 Å². The van der Waals surface area contributed by atoms with Crippen LogP contribution in [0.25, 0.3) is 6.08 Å². The molecule has 2 N–H and O–H groups in total. The Hall–Kier alpha value is -2.59. The number of benzene rings is 2. The smallest absolute Gasteiger partial charge is 0.253 e. The molecule has 3 rings (SSSR count). The van der Waals surface area contributed by atoms with E-state index >= 15 is 0 Å². The minimum atomic E-state index is -0.312. The van der Waals surface area contributed by atoms with Crippen LogP contribution in [0.1, 0.15) is 48.0 Å². The summed E-state index contributed by atoms with van der Waals surface area (Å²) >= 11 is 6.09. The summed E-state index contributed by atoms with van der Waals surface area (Å²) in [5, 5.41) is 6.45. The average Bonchev–Trinajstić information content (AvgIpc) is 2.68. The van der Waals surface area contributed by atoms with Gasteiger partial charge in [-0.05, 0) is 42.7 Å². The van der Waals surface area contributed by atoms with Crippen LogP contribution in [-0.4, -0.2) is 17.9 Å². The van der Waals surface area contributed by atoms with E-state index in [0.717, 1.165) is 31.2 Å². The van der Waals surface area contributed by atoms with Crippen LogP contribution in [0, 0.1) is 0 Å². The van der Waals surface area contributed by atoms with Gasteiger partial charge in [-0.2, -0.15) is 0 Å². The van der Waals surface area contributed by atoms with Gasteiger partial charge in [-0.15, -0.1) is 0 Å². The van der Waals surface area contributed by atoms with Crippen LogP contribution in [0.3, 0.4) is 0 Å². The zero-order chi connectivity index (χ0) is 19.1. The Morgan fingerprint density at radius 2 is 1.67 bits per heavy atom. The molecule has 1 aliphatic rings. The number of hydrogen-bond acceptors (Lipinski definition) is 2. The van der Waals surface area contributed by atoms with Crippen LogP contribution in [0.2, 0.25) is 5.02 Å². The van der Waals surface area contributed by atoms with E-state index in [-0.39, 0.29) is 17.9 Å². The molecule has 0 atom stereocenters. The molecular weight excluding hydrogens is 360 g/mol. The highest BCUT2D eigenvalue weighted by atomic mass is 35.5. The van der Waals surface area contributed by atoms with Crippen LogP contribution in [0.15, 0.2) is 54.6 Å². The van der Waals surface area contributed by atoms with E-state index in [0.29, 0.717) is 16.3 Å². The zero-order valence-electron chi connectivity index (χ0n) is 15.1. The summed E-state index contributed by atoms with van der Waals surface area (Å²) in [5.41, 5.74) is 1.74. The van der Waals surface area contributed by atoms with Gasteiger partial charge in [0.2, 0.25) is 5.91 Å². The first-order chi connectivity index (χ1) is 13.1. The van der Waals surface area contributed by atoms with E-state index < -0.39 is 0 Å². The molecule has 140 valence electrons. The summed E-state index contributed by atoms with van der Waals surface area (Å²) in [6.07, 6.45) is 8.63. The number of halogens is 1. The molecule has 0 aromatic heterocycles. The first kappa shape index (κ1) is 19.2. The molecule has 0 unspecified atom stereocenters. The average molecular weight is 383 g/mol. The molecule has 0 saturated heterocycles. The highest BCUT2D eigenvalue weighted by Gasteiger charge is 2.18. The van der Waals surface area contributed by atoms with Gasteiger partial charge in [-0.1, -0.05) is 61.2 Å². The monoisotopic (exact) mass is 382 g/mol. The lowest BCUT2D eigenvalue weighted by atomic mass is 9.95. The van der Waals surface area contributed by atoms with Gasteiger partial charge in [0.05, 0.1) is 11.3 Å². The quantitative estimate of drug-likeness (QED) is 0.710. The minimum absolute atomic E-state index is 0.145. The third kappa shape index (κ3) is 5.44. The Balaban J connectivity index is 1.67. The van der Waals surface area contributed by atoms with Gasteiger partial charge in [0.15, 0.2) is 0 Å². The van der Waals surface area contributed by atoms with E-state index in [2.05, 4.69) is 10.6 Å². The highest BCUT2D eigenvalue weighted by molar-refractivity contribution is 6.32. The van der Waals surface area contributed by atoms with Crippen molar-refractivity contribution in [1.29, 1.82) is 0 Å². The van der Waals surface area contributed by atoms with Gasteiger partial charge >= 0.3 is 0 Å². The molecule has 4 nitrogen and oxygen atoms in total. The van der Waals surface area contributed by atoms with Crippen molar-refractivity contribution < 1.29 is 9.59 Å². The van der Waals surface area contributed by atoms with Gasteiger partial charge < -0.3 is 10.6 Å². The summed E-state index contributed by atoms with van der Waals surface area (Å²) in [7, 11) is 0. The number of amides is 2. The molecule has 0 aliphatic heterocycles. The molecule has 1 aliphatic carbocycles. The van der Waals surface area contributed by atoms with Crippen molar-refractivity contribution in [3.05, 3.63) is 70.8 Å². The zero-order valence-corrected chi connectivity index (χ0v) is 15.8. The second-order valence-corrected chi connectivity index (χ2v) is 7.11. The Morgan fingerprint density at radius 3 is 2.44 bits per heavy atom. The number of para-hydroxylation sites is 1. The molecule has 1 fully saturated rings. The Labute approximate surface area is 164 Å². The topological polar surface area (TPSA) is 58.2 Å². The Kier molecular flexibility index (Phi) is 6.66. The molecule has 2 aromatic carbocycles. The molecule has 2 aromatic rings. The standard InChI is InChI=1S/C22H23ClN2O2/c23-19-12-6-4-8-16(19)14-15-21(26)25-20-13-7-5-11-18(20)22(27)24-17-9-2-1-3-10-17/h4-8,11-15,17H,1-3,9-10H2,(H,24,27)(H,25,26). The van der Waals surface area contributed by atoms with E-state index in [1.807, 2.05) is 18.2 Å². The predicted molar refractivity (Wildman–Crippen MR) is 110 cm³/mol. The maximum absolute atomic E-state index is 12.6. The van der Waals surface area contributed by atoms with Crippen LogP contribution >= 0.6 is 11.6 Å². The minimum Gasteiger partial charge on any atom is -0.349 e. The predicted octanol–water partition coefficient (Wildman–Crippen LogP) is 5.05. The number of nitrogens with one attached hydrogen (secondary N) is 2. The van der Waals surface area contributed by atoms with E-state index in [4.69, 9.17) is 11.6 Å². The lowest BCUT2D eigenvalue weighted by Gasteiger charge is -2.23. The second kappa shape index (κ2) is 9.38. The van der Waals surface area contributed by atoms with Gasteiger partial charge in [-0.3, -0.25) is 9.59 Å². The second-order valence-electron chi connectivity index (χ2n) is 6.70. The Morgan fingerprint density at radius 1 is 0.963 bits per heavy atom. The molecule has 1 saturated carbocycles. The normalized spacial score (nSPS) is 14.9. The van der Waals surface area contributed by atoms with Crippen molar-refractivity contribution in [1.82, 2.24) is 5.32 Å². The van der Waals surface area contributed by atoms with Crippen LogP contribution in [-0.2, 0) is 4.79 Å². The van der Waals surface area contributed by atoms with E-state index in [1.54, 1.807) is 36.4 Å². The van der Waals surface area contributed by atoms with Crippen molar-refractivity contribution in [2.24, 2.45) is 0 Å². The third-order valence-corrected chi connectivity index (χ3v) is 5.03.